The molecular weight excluding hydrogens is 639 g/mol. The number of ether oxygens (including phenoxy) is 5. The molecule has 8 nitrogen and oxygen atoms in total. The van der Waals surface area contributed by atoms with Crippen molar-refractivity contribution in [3.05, 3.63) is 46.4 Å². The standard InChI is InChI=1S/C21H30ClNO4.C16H22ClNO2/c1-21(2,3)27-20(24)23-12-10-16(11-13-23)25-17-8-9-18(22)19(14-17)26-15-6-4-5-7-15;17-15-6-5-14(19-13-7-9-18-10-8-13)11-16(15)20-12-3-1-2-4-12/h8-9,14-16H,4-7,10-13H2,1-3H3;5-6,11-13,18H,1-4,7-10H2. The molecule has 2 aromatic carbocycles. The van der Waals surface area contributed by atoms with Crippen LogP contribution in [0, 0.1) is 0 Å². The molecule has 10 heteroatoms. The monoisotopic (exact) mass is 690 g/mol. The molecule has 0 aromatic heterocycles. The van der Waals surface area contributed by atoms with E-state index >= 15 is 0 Å². The van der Waals surface area contributed by atoms with Gasteiger partial charge >= 0.3 is 6.09 Å². The zero-order valence-corrected chi connectivity index (χ0v) is 29.8. The lowest BCUT2D eigenvalue weighted by Crippen LogP contribution is -2.44. The van der Waals surface area contributed by atoms with Crippen molar-refractivity contribution in [3.63, 3.8) is 0 Å². The van der Waals surface area contributed by atoms with E-state index in [-0.39, 0.29) is 18.3 Å². The van der Waals surface area contributed by atoms with Gasteiger partial charge in [-0.1, -0.05) is 23.2 Å². The smallest absolute Gasteiger partial charge is 0.410 e. The summed E-state index contributed by atoms with van der Waals surface area (Å²) < 4.78 is 29.7. The molecular formula is C37H52Cl2N2O6. The molecule has 0 unspecified atom stereocenters. The predicted molar refractivity (Wildman–Crippen MR) is 187 cm³/mol. The summed E-state index contributed by atoms with van der Waals surface area (Å²) in [6, 6.07) is 11.4. The Kier molecular flexibility index (Phi) is 13.1. The second-order valence-corrected chi connectivity index (χ2v) is 14.9. The topological polar surface area (TPSA) is 78.5 Å². The molecule has 2 aliphatic heterocycles. The maximum Gasteiger partial charge on any atom is 0.410 e. The number of carbonyl (C=O) groups excluding carboxylic acids is 1. The number of hydrogen-bond donors (Lipinski definition) is 1. The Labute approximate surface area is 290 Å². The van der Waals surface area contributed by atoms with Crippen LogP contribution in [0.3, 0.4) is 0 Å². The fraction of sp³-hybridized carbons (Fsp3) is 0.649. The second-order valence-electron chi connectivity index (χ2n) is 14.1. The van der Waals surface area contributed by atoms with E-state index in [4.69, 9.17) is 46.9 Å². The summed E-state index contributed by atoms with van der Waals surface area (Å²) in [5.41, 5.74) is -0.469. The van der Waals surface area contributed by atoms with Crippen LogP contribution in [0.2, 0.25) is 10.0 Å². The Morgan fingerprint density at radius 1 is 0.660 bits per heavy atom. The minimum absolute atomic E-state index is 0.0733. The van der Waals surface area contributed by atoms with Gasteiger partial charge in [0.1, 0.15) is 40.8 Å². The SMILES string of the molecule is CC(C)(C)OC(=O)N1CCC(Oc2ccc(Cl)c(OC3CCCC3)c2)CC1.Clc1ccc(OC2CCNCC2)cc1OC1CCCC1. The minimum atomic E-state index is -0.469. The van der Waals surface area contributed by atoms with Crippen LogP contribution < -0.4 is 24.3 Å². The molecule has 2 heterocycles. The summed E-state index contributed by atoms with van der Waals surface area (Å²) in [4.78, 5) is 13.9. The number of rotatable bonds is 8. The number of nitrogens with zero attached hydrogens (tertiary/aromatic N) is 1. The average molecular weight is 692 g/mol. The highest BCUT2D eigenvalue weighted by Crippen LogP contribution is 2.35. The summed E-state index contributed by atoms with van der Waals surface area (Å²) in [6.45, 7) is 8.98. The average Bonchev–Trinajstić information content (AvgIpc) is 3.76. The van der Waals surface area contributed by atoms with E-state index in [9.17, 15) is 4.79 Å². The van der Waals surface area contributed by atoms with Crippen LogP contribution in [0.5, 0.6) is 23.0 Å². The van der Waals surface area contributed by atoms with Crippen LogP contribution in [0.15, 0.2) is 36.4 Å². The fourth-order valence-electron chi connectivity index (χ4n) is 6.45. The minimum Gasteiger partial charge on any atom is -0.490 e. The zero-order chi connectivity index (χ0) is 33.2. The molecule has 4 fully saturated rings. The molecule has 2 aliphatic carbocycles. The number of amides is 1. The van der Waals surface area contributed by atoms with Crippen molar-refractivity contribution in [1.82, 2.24) is 10.2 Å². The summed E-state index contributed by atoms with van der Waals surface area (Å²) in [5.74, 6) is 3.11. The normalized spacial score (nSPS) is 20.0. The van der Waals surface area contributed by atoms with Gasteiger partial charge in [0, 0.05) is 38.1 Å². The van der Waals surface area contributed by atoms with Crippen molar-refractivity contribution < 1.29 is 28.5 Å². The van der Waals surface area contributed by atoms with Gasteiger partial charge in [-0.15, -0.1) is 0 Å². The van der Waals surface area contributed by atoms with Gasteiger partial charge < -0.3 is 33.9 Å². The maximum atomic E-state index is 12.2. The van der Waals surface area contributed by atoms with E-state index in [2.05, 4.69) is 5.32 Å². The van der Waals surface area contributed by atoms with Gasteiger partial charge in [-0.3, -0.25) is 0 Å². The van der Waals surface area contributed by atoms with Crippen LogP contribution in [-0.4, -0.2) is 67.2 Å². The molecule has 2 saturated heterocycles. The van der Waals surface area contributed by atoms with E-state index in [0.717, 1.165) is 81.7 Å². The Morgan fingerprint density at radius 2 is 1.09 bits per heavy atom. The van der Waals surface area contributed by atoms with E-state index < -0.39 is 5.60 Å². The van der Waals surface area contributed by atoms with Gasteiger partial charge in [-0.2, -0.15) is 0 Å². The molecule has 47 heavy (non-hydrogen) atoms. The Hall–Kier alpha value is -2.55. The number of piperidine rings is 2. The maximum absolute atomic E-state index is 12.2. The van der Waals surface area contributed by atoms with Crippen molar-refractivity contribution in [2.75, 3.05) is 26.2 Å². The lowest BCUT2D eigenvalue weighted by atomic mass is 10.1. The molecule has 4 aliphatic rings. The van der Waals surface area contributed by atoms with Gasteiger partial charge in [0.25, 0.3) is 0 Å². The van der Waals surface area contributed by atoms with Crippen LogP contribution in [0.25, 0.3) is 0 Å². The van der Waals surface area contributed by atoms with Crippen LogP contribution in [-0.2, 0) is 4.74 Å². The number of nitrogens with one attached hydrogen (secondary N) is 1. The quantitative estimate of drug-likeness (QED) is 0.296. The summed E-state index contributed by atoms with van der Waals surface area (Å²) in [6.07, 6.45) is 13.8. The number of hydrogen-bond acceptors (Lipinski definition) is 7. The van der Waals surface area contributed by atoms with Gasteiger partial charge in [0.05, 0.1) is 22.3 Å². The zero-order valence-electron chi connectivity index (χ0n) is 28.2. The lowest BCUT2D eigenvalue weighted by molar-refractivity contribution is 0.0126. The molecule has 0 bridgehead atoms. The number of halogens is 2. The van der Waals surface area contributed by atoms with E-state index in [0.29, 0.717) is 41.1 Å². The highest BCUT2D eigenvalue weighted by molar-refractivity contribution is 6.32. The van der Waals surface area contributed by atoms with Gasteiger partial charge in [0.15, 0.2) is 0 Å². The van der Waals surface area contributed by atoms with Crippen LogP contribution in [0.4, 0.5) is 4.79 Å². The molecule has 0 atom stereocenters. The van der Waals surface area contributed by atoms with E-state index in [1.165, 1.54) is 25.7 Å². The molecule has 1 N–H and O–H groups in total. The van der Waals surface area contributed by atoms with Crippen molar-refractivity contribution in [2.24, 2.45) is 0 Å². The molecule has 260 valence electrons. The molecule has 1 amide bonds. The van der Waals surface area contributed by atoms with Gasteiger partial charge in [-0.25, -0.2) is 4.79 Å². The fourth-order valence-corrected chi connectivity index (χ4v) is 6.77. The highest BCUT2D eigenvalue weighted by Gasteiger charge is 2.28. The molecule has 6 rings (SSSR count). The van der Waals surface area contributed by atoms with Crippen molar-refractivity contribution >= 4 is 29.3 Å². The number of benzene rings is 2. The Balaban J connectivity index is 0.000000193. The van der Waals surface area contributed by atoms with E-state index in [1.807, 2.05) is 57.2 Å². The summed E-state index contributed by atoms with van der Waals surface area (Å²) >= 11 is 12.5. The third kappa shape index (κ3) is 11.5. The second kappa shape index (κ2) is 17.2. The van der Waals surface area contributed by atoms with Crippen molar-refractivity contribution in [2.45, 2.75) is 128 Å². The van der Waals surface area contributed by atoms with Gasteiger partial charge in [0.2, 0.25) is 0 Å². The van der Waals surface area contributed by atoms with Crippen LogP contribution in [0.1, 0.15) is 97.8 Å². The first-order valence-corrected chi connectivity index (χ1v) is 18.3. The third-order valence-corrected chi connectivity index (χ3v) is 9.61. The number of likely N-dealkylation sites (tertiary alicyclic amines) is 1. The molecule has 0 radical (unpaired) electrons. The molecule has 2 aromatic rings. The van der Waals surface area contributed by atoms with Gasteiger partial charge in [-0.05, 0) is 122 Å². The first kappa shape index (κ1) is 35.7. The van der Waals surface area contributed by atoms with E-state index in [1.54, 1.807) is 4.90 Å². The predicted octanol–water partition coefficient (Wildman–Crippen LogP) is 9.23. The number of carbonyl (C=O) groups is 1. The Morgan fingerprint density at radius 3 is 1.53 bits per heavy atom. The lowest BCUT2D eigenvalue weighted by Gasteiger charge is -2.33. The van der Waals surface area contributed by atoms with Crippen LogP contribution >= 0.6 is 23.2 Å². The third-order valence-electron chi connectivity index (χ3n) is 8.98. The summed E-state index contributed by atoms with van der Waals surface area (Å²) in [5, 5.41) is 4.64. The Bertz CT molecular complexity index is 1280. The first-order valence-electron chi connectivity index (χ1n) is 17.6. The highest BCUT2D eigenvalue weighted by atomic mass is 35.5. The molecule has 2 saturated carbocycles. The first-order chi connectivity index (χ1) is 22.6. The van der Waals surface area contributed by atoms with Crippen molar-refractivity contribution in [1.29, 1.82) is 0 Å². The molecule has 0 spiro atoms. The van der Waals surface area contributed by atoms with Crippen molar-refractivity contribution in [3.8, 4) is 23.0 Å². The largest absolute Gasteiger partial charge is 0.490 e. The summed E-state index contributed by atoms with van der Waals surface area (Å²) in [7, 11) is 0.